The van der Waals surface area contributed by atoms with Crippen molar-refractivity contribution in [3.05, 3.63) is 71.8 Å². The number of urea groups is 1. The molecular weight excluding hydrogens is 507 g/mol. The summed E-state index contributed by atoms with van der Waals surface area (Å²) >= 11 is 0. The summed E-state index contributed by atoms with van der Waals surface area (Å²) in [7, 11) is 0. The first-order valence-electron chi connectivity index (χ1n) is 12.7. The fourth-order valence-electron chi connectivity index (χ4n) is 4.35. The number of halogens is 3. The summed E-state index contributed by atoms with van der Waals surface area (Å²) < 4.78 is 41.3. The van der Waals surface area contributed by atoms with E-state index in [-0.39, 0.29) is 5.75 Å². The van der Waals surface area contributed by atoms with Gasteiger partial charge in [0.15, 0.2) is 6.29 Å². The summed E-state index contributed by atoms with van der Waals surface area (Å²) in [6, 6.07) is 15.7. The molecule has 0 aromatic heterocycles. The van der Waals surface area contributed by atoms with Gasteiger partial charge in [0.05, 0.1) is 11.4 Å². The van der Waals surface area contributed by atoms with Crippen molar-refractivity contribution < 1.29 is 27.5 Å². The number of aldehydes is 1. The van der Waals surface area contributed by atoms with Crippen molar-refractivity contribution in [3.63, 3.8) is 0 Å². The number of nitrogens with one attached hydrogen (secondary N) is 2. The molecule has 0 aliphatic heterocycles. The van der Waals surface area contributed by atoms with E-state index in [0.29, 0.717) is 28.8 Å². The van der Waals surface area contributed by atoms with E-state index in [2.05, 4.69) is 48.0 Å². The van der Waals surface area contributed by atoms with Gasteiger partial charge in [-0.05, 0) is 71.8 Å². The third kappa shape index (κ3) is 8.49. The van der Waals surface area contributed by atoms with Crippen molar-refractivity contribution in [2.45, 2.75) is 41.0 Å². The molecule has 0 spiro atoms. The summed E-state index contributed by atoms with van der Waals surface area (Å²) in [5.41, 5.74) is 4.60. The van der Waals surface area contributed by atoms with Crippen LogP contribution in [0.1, 0.15) is 43.6 Å². The molecule has 2 N–H and O–H groups in total. The SMILES string of the molecule is Cc1cccc(-c2ccc(N(CC(C)C)CC(C)C)c(NC(=O)Nc3ccc(OC(F)(F)F)cc3)c2)c1C=O. The number of carbonyl (C=O) groups is 2. The summed E-state index contributed by atoms with van der Waals surface area (Å²) in [5.74, 6) is 0.340. The van der Waals surface area contributed by atoms with Crippen LogP contribution in [0.25, 0.3) is 11.1 Å². The number of alkyl halides is 3. The molecule has 0 aliphatic rings. The normalized spacial score (nSPS) is 11.4. The van der Waals surface area contributed by atoms with E-state index in [1.165, 1.54) is 12.1 Å². The first kappa shape index (κ1) is 29.5. The predicted octanol–water partition coefficient (Wildman–Crippen LogP) is 8.14. The number of aryl methyl sites for hydroxylation is 1. The van der Waals surface area contributed by atoms with Gasteiger partial charge in [-0.25, -0.2) is 4.79 Å². The van der Waals surface area contributed by atoms with Crippen molar-refractivity contribution in [3.8, 4) is 16.9 Å². The zero-order valence-corrected chi connectivity index (χ0v) is 22.7. The monoisotopic (exact) mass is 541 g/mol. The van der Waals surface area contributed by atoms with Crippen LogP contribution in [0, 0.1) is 18.8 Å². The molecule has 6 nitrogen and oxygen atoms in total. The van der Waals surface area contributed by atoms with Crippen molar-refractivity contribution in [1.29, 1.82) is 0 Å². The van der Waals surface area contributed by atoms with Crippen molar-refractivity contribution in [1.82, 2.24) is 0 Å². The van der Waals surface area contributed by atoms with E-state index < -0.39 is 12.4 Å². The van der Waals surface area contributed by atoms with E-state index in [0.717, 1.165) is 53.9 Å². The second-order valence-corrected chi connectivity index (χ2v) is 10.2. The van der Waals surface area contributed by atoms with Gasteiger partial charge in [0, 0.05) is 24.3 Å². The number of hydrogen-bond donors (Lipinski definition) is 2. The molecule has 9 heteroatoms. The standard InChI is InChI=1S/C30H34F3N3O3/c1-19(2)16-36(17-20(3)4)28-14-9-22(25-8-6-7-21(5)26(25)18-37)15-27(28)35-29(38)34-23-10-12-24(13-11-23)39-30(31,32)33/h6-15,18-20H,16-17H2,1-5H3,(H2,34,35,38). The average Bonchev–Trinajstić information content (AvgIpc) is 2.83. The number of anilines is 3. The molecule has 0 saturated heterocycles. The highest BCUT2D eigenvalue weighted by Gasteiger charge is 2.31. The minimum absolute atomic E-state index is 0.294. The van der Waals surface area contributed by atoms with Crippen LogP contribution in [0.4, 0.5) is 35.0 Å². The van der Waals surface area contributed by atoms with Crippen molar-refractivity contribution >= 4 is 29.4 Å². The summed E-state index contributed by atoms with van der Waals surface area (Å²) in [5, 5.41) is 5.57. The largest absolute Gasteiger partial charge is 0.573 e. The lowest BCUT2D eigenvalue weighted by Crippen LogP contribution is -2.32. The molecule has 2 amide bonds. The number of benzene rings is 3. The maximum Gasteiger partial charge on any atom is 0.573 e. The molecule has 208 valence electrons. The fraction of sp³-hybridized carbons (Fsp3) is 0.333. The zero-order valence-electron chi connectivity index (χ0n) is 22.7. The third-order valence-corrected chi connectivity index (χ3v) is 5.86. The molecule has 0 radical (unpaired) electrons. The number of hydrogen-bond acceptors (Lipinski definition) is 4. The second kappa shape index (κ2) is 12.7. The first-order chi connectivity index (χ1) is 18.4. The lowest BCUT2D eigenvalue weighted by molar-refractivity contribution is -0.274. The minimum atomic E-state index is -4.80. The molecule has 3 aromatic carbocycles. The number of amides is 2. The topological polar surface area (TPSA) is 70.7 Å². The van der Waals surface area contributed by atoms with Gasteiger partial charge in [-0.15, -0.1) is 13.2 Å². The van der Waals surface area contributed by atoms with E-state index in [1.54, 1.807) is 0 Å². The second-order valence-electron chi connectivity index (χ2n) is 10.2. The minimum Gasteiger partial charge on any atom is -0.406 e. The van der Waals surface area contributed by atoms with Crippen LogP contribution in [-0.4, -0.2) is 31.8 Å². The Kier molecular flexibility index (Phi) is 9.61. The maximum absolute atomic E-state index is 13.0. The Morgan fingerprint density at radius 1 is 0.949 bits per heavy atom. The molecule has 0 heterocycles. The van der Waals surface area contributed by atoms with Gasteiger partial charge in [-0.2, -0.15) is 0 Å². The van der Waals surface area contributed by atoms with Gasteiger partial charge >= 0.3 is 12.4 Å². The van der Waals surface area contributed by atoms with Crippen molar-refractivity contribution in [2.24, 2.45) is 11.8 Å². The quantitative estimate of drug-likeness (QED) is 0.254. The summed E-state index contributed by atoms with van der Waals surface area (Å²) in [4.78, 5) is 27.1. The molecule has 0 saturated carbocycles. The number of nitrogens with zero attached hydrogens (tertiary/aromatic N) is 1. The molecule has 0 unspecified atom stereocenters. The van der Waals surface area contributed by atoms with E-state index in [4.69, 9.17) is 0 Å². The fourth-order valence-corrected chi connectivity index (χ4v) is 4.35. The molecule has 0 atom stereocenters. The molecule has 39 heavy (non-hydrogen) atoms. The van der Waals surface area contributed by atoms with Crippen LogP contribution in [-0.2, 0) is 0 Å². The lowest BCUT2D eigenvalue weighted by Gasteiger charge is -2.31. The van der Waals surface area contributed by atoms with Crippen LogP contribution >= 0.6 is 0 Å². The first-order valence-corrected chi connectivity index (χ1v) is 12.7. The van der Waals surface area contributed by atoms with Gasteiger partial charge in [-0.1, -0.05) is 52.0 Å². The Labute approximate surface area is 227 Å². The van der Waals surface area contributed by atoms with Gasteiger partial charge in [0.25, 0.3) is 0 Å². The average molecular weight is 542 g/mol. The summed E-state index contributed by atoms with van der Waals surface area (Å²) in [6.45, 7) is 11.9. The Morgan fingerprint density at radius 3 is 2.15 bits per heavy atom. The Morgan fingerprint density at radius 2 is 1.59 bits per heavy atom. The highest BCUT2D eigenvalue weighted by molar-refractivity contribution is 6.03. The smallest absolute Gasteiger partial charge is 0.406 e. The van der Waals surface area contributed by atoms with Gasteiger partial charge in [-0.3, -0.25) is 4.79 Å². The van der Waals surface area contributed by atoms with E-state index in [1.807, 2.05) is 43.3 Å². The molecule has 3 aromatic rings. The van der Waals surface area contributed by atoms with Gasteiger partial charge in [0.1, 0.15) is 5.75 Å². The maximum atomic E-state index is 13.0. The molecular formula is C30H34F3N3O3. The van der Waals surface area contributed by atoms with Gasteiger partial charge < -0.3 is 20.3 Å². The Balaban J connectivity index is 1.96. The van der Waals surface area contributed by atoms with E-state index in [9.17, 15) is 22.8 Å². The predicted molar refractivity (Wildman–Crippen MR) is 150 cm³/mol. The molecule has 0 aliphatic carbocycles. The summed E-state index contributed by atoms with van der Waals surface area (Å²) in [6.07, 6.45) is -3.97. The Bertz CT molecular complexity index is 1280. The van der Waals surface area contributed by atoms with Gasteiger partial charge in [0.2, 0.25) is 0 Å². The van der Waals surface area contributed by atoms with Crippen LogP contribution in [0.15, 0.2) is 60.7 Å². The number of rotatable bonds is 10. The molecule has 3 rings (SSSR count). The number of ether oxygens (including phenoxy) is 1. The van der Waals surface area contributed by atoms with Crippen molar-refractivity contribution in [2.75, 3.05) is 28.6 Å². The highest BCUT2D eigenvalue weighted by Crippen LogP contribution is 2.35. The zero-order chi connectivity index (χ0) is 28.7. The van der Waals surface area contributed by atoms with E-state index >= 15 is 0 Å². The highest BCUT2D eigenvalue weighted by atomic mass is 19.4. The molecule has 0 fully saturated rings. The van der Waals surface area contributed by atoms with Crippen LogP contribution < -0.4 is 20.3 Å². The lowest BCUT2D eigenvalue weighted by atomic mass is 9.96. The Hall–Kier alpha value is -4.01. The van der Waals surface area contributed by atoms with Crippen LogP contribution in [0.3, 0.4) is 0 Å². The molecule has 0 bridgehead atoms. The number of carbonyl (C=O) groups excluding carboxylic acids is 2. The third-order valence-electron chi connectivity index (χ3n) is 5.86. The van der Waals surface area contributed by atoms with Crippen LogP contribution in [0.5, 0.6) is 5.75 Å². The van der Waals surface area contributed by atoms with Crippen LogP contribution in [0.2, 0.25) is 0 Å².